The van der Waals surface area contributed by atoms with Crippen molar-refractivity contribution in [3.63, 3.8) is 0 Å². The Hall–Kier alpha value is -2.10. The molecule has 0 amide bonds. The highest BCUT2D eigenvalue weighted by atomic mass is 16.5. The summed E-state index contributed by atoms with van der Waals surface area (Å²) in [6, 6.07) is 7.87. The van der Waals surface area contributed by atoms with Crippen LogP contribution in [0.1, 0.15) is 31.4 Å². The van der Waals surface area contributed by atoms with Crippen LogP contribution in [0, 0.1) is 5.92 Å². The minimum atomic E-state index is 0.569. The highest BCUT2D eigenvalue weighted by Gasteiger charge is 2.18. The minimum absolute atomic E-state index is 0.569. The van der Waals surface area contributed by atoms with Gasteiger partial charge in [0.2, 0.25) is 0 Å². The van der Waals surface area contributed by atoms with E-state index in [2.05, 4.69) is 4.98 Å². The number of aromatic nitrogens is 2. The maximum Gasteiger partial charge on any atom is 0.145 e. The molecule has 0 aliphatic heterocycles. The van der Waals surface area contributed by atoms with Gasteiger partial charge in [-0.2, -0.15) is 0 Å². The summed E-state index contributed by atoms with van der Waals surface area (Å²) in [5.74, 6) is 2.13. The Morgan fingerprint density at radius 1 is 1.19 bits per heavy atom. The Bertz CT molecular complexity index is 604. The normalized spacial score (nSPS) is 15.3. The monoisotopic (exact) mass is 283 g/mol. The molecule has 2 N–H and O–H groups in total. The second-order valence-electron chi connectivity index (χ2n) is 5.67. The molecule has 0 saturated heterocycles. The Balaban J connectivity index is 1.84. The van der Waals surface area contributed by atoms with Crippen molar-refractivity contribution in [2.24, 2.45) is 5.92 Å². The molecule has 1 aliphatic rings. The molecule has 3 rings (SSSR count). The van der Waals surface area contributed by atoms with Gasteiger partial charge < -0.3 is 10.5 Å². The maximum absolute atomic E-state index is 6.00. The van der Waals surface area contributed by atoms with Gasteiger partial charge in [0.15, 0.2) is 0 Å². The van der Waals surface area contributed by atoms with E-state index in [4.69, 9.17) is 15.5 Å². The third-order valence-corrected chi connectivity index (χ3v) is 4.22. The molecule has 0 bridgehead atoms. The molecule has 1 heterocycles. The van der Waals surface area contributed by atoms with Gasteiger partial charge in [-0.05, 0) is 36.6 Å². The summed E-state index contributed by atoms with van der Waals surface area (Å²) in [6.45, 7) is 0. The van der Waals surface area contributed by atoms with Gasteiger partial charge in [0.25, 0.3) is 0 Å². The third kappa shape index (κ3) is 3.15. The summed E-state index contributed by atoms with van der Waals surface area (Å²) in [6.07, 6.45) is 7.92. The number of benzene rings is 1. The van der Waals surface area contributed by atoms with Crippen LogP contribution in [0.5, 0.6) is 5.75 Å². The van der Waals surface area contributed by atoms with Crippen LogP contribution in [0.4, 0.5) is 5.82 Å². The average molecular weight is 283 g/mol. The SMILES string of the molecule is COc1ccc(-c2cnc(N)c(CC3CCCC3)n2)cc1. The fourth-order valence-electron chi connectivity index (χ4n) is 2.98. The number of nitrogens with two attached hydrogens (primary N) is 1. The number of nitrogens with zero attached hydrogens (tertiary/aromatic N) is 2. The zero-order valence-electron chi connectivity index (χ0n) is 12.4. The average Bonchev–Trinajstić information content (AvgIpc) is 3.03. The van der Waals surface area contributed by atoms with Crippen molar-refractivity contribution >= 4 is 5.82 Å². The van der Waals surface area contributed by atoms with E-state index in [1.165, 1.54) is 25.7 Å². The maximum atomic E-state index is 6.00. The van der Waals surface area contributed by atoms with Gasteiger partial charge in [-0.1, -0.05) is 25.7 Å². The number of rotatable bonds is 4. The van der Waals surface area contributed by atoms with Crippen molar-refractivity contribution in [1.29, 1.82) is 0 Å². The standard InChI is InChI=1S/C17H21N3O/c1-21-14-8-6-13(7-9-14)16-11-19-17(18)15(20-16)10-12-4-2-3-5-12/h6-9,11-12H,2-5,10H2,1H3,(H2,18,19). The first-order valence-electron chi connectivity index (χ1n) is 7.52. The van der Waals surface area contributed by atoms with Crippen LogP contribution >= 0.6 is 0 Å². The molecule has 1 fully saturated rings. The first-order valence-corrected chi connectivity index (χ1v) is 7.52. The lowest BCUT2D eigenvalue weighted by atomic mass is 10.0. The largest absolute Gasteiger partial charge is 0.497 e. The molecule has 1 aliphatic carbocycles. The molecule has 2 aromatic rings. The Morgan fingerprint density at radius 2 is 1.90 bits per heavy atom. The molecule has 21 heavy (non-hydrogen) atoms. The molecule has 4 nitrogen and oxygen atoms in total. The van der Waals surface area contributed by atoms with Gasteiger partial charge in [0.1, 0.15) is 11.6 Å². The molecule has 0 atom stereocenters. The van der Waals surface area contributed by atoms with Crippen molar-refractivity contribution in [2.45, 2.75) is 32.1 Å². The summed E-state index contributed by atoms with van der Waals surface area (Å²) in [5.41, 5.74) is 8.85. The van der Waals surface area contributed by atoms with Crippen LogP contribution < -0.4 is 10.5 Å². The third-order valence-electron chi connectivity index (χ3n) is 4.22. The minimum Gasteiger partial charge on any atom is -0.497 e. The number of ether oxygens (including phenoxy) is 1. The van der Waals surface area contributed by atoms with Crippen molar-refractivity contribution < 1.29 is 4.74 Å². The highest BCUT2D eigenvalue weighted by molar-refractivity contribution is 5.60. The van der Waals surface area contributed by atoms with Gasteiger partial charge in [-0.25, -0.2) is 9.97 Å². The van der Waals surface area contributed by atoms with E-state index in [0.29, 0.717) is 11.7 Å². The number of nitrogen functional groups attached to an aromatic ring is 1. The second kappa shape index (κ2) is 6.12. The van der Waals surface area contributed by atoms with Crippen molar-refractivity contribution in [2.75, 3.05) is 12.8 Å². The summed E-state index contributed by atoms with van der Waals surface area (Å²) < 4.78 is 5.18. The van der Waals surface area contributed by atoms with E-state index in [1.807, 2.05) is 24.3 Å². The molecular formula is C17H21N3O. The Kier molecular flexibility index (Phi) is 4.04. The molecule has 1 saturated carbocycles. The summed E-state index contributed by atoms with van der Waals surface area (Å²) in [5, 5.41) is 0. The van der Waals surface area contributed by atoms with Crippen LogP contribution in [-0.2, 0) is 6.42 Å². The predicted molar refractivity (Wildman–Crippen MR) is 84.1 cm³/mol. The van der Waals surface area contributed by atoms with Crippen LogP contribution in [0.15, 0.2) is 30.5 Å². The van der Waals surface area contributed by atoms with Crippen molar-refractivity contribution in [3.05, 3.63) is 36.2 Å². The number of anilines is 1. The molecule has 110 valence electrons. The van der Waals surface area contributed by atoms with E-state index in [1.54, 1.807) is 13.3 Å². The van der Waals surface area contributed by atoms with Gasteiger partial charge in [-0.15, -0.1) is 0 Å². The highest BCUT2D eigenvalue weighted by Crippen LogP contribution is 2.29. The summed E-state index contributed by atoms with van der Waals surface area (Å²) in [7, 11) is 1.66. The van der Waals surface area contributed by atoms with Crippen molar-refractivity contribution in [1.82, 2.24) is 9.97 Å². The second-order valence-corrected chi connectivity index (χ2v) is 5.67. The van der Waals surface area contributed by atoms with Crippen LogP contribution in [-0.4, -0.2) is 17.1 Å². The van der Waals surface area contributed by atoms with Gasteiger partial charge in [0.05, 0.1) is 24.7 Å². The Labute approximate surface area is 125 Å². The first-order chi connectivity index (χ1) is 10.3. The van der Waals surface area contributed by atoms with Crippen LogP contribution in [0.2, 0.25) is 0 Å². The van der Waals surface area contributed by atoms with E-state index in [-0.39, 0.29) is 0 Å². The summed E-state index contributed by atoms with van der Waals surface area (Å²) in [4.78, 5) is 9.06. The van der Waals surface area contributed by atoms with E-state index < -0.39 is 0 Å². The fraction of sp³-hybridized carbons (Fsp3) is 0.412. The topological polar surface area (TPSA) is 61.0 Å². The van der Waals surface area contributed by atoms with Crippen molar-refractivity contribution in [3.8, 4) is 17.0 Å². The van der Waals surface area contributed by atoms with E-state index >= 15 is 0 Å². The zero-order chi connectivity index (χ0) is 14.7. The number of methoxy groups -OCH3 is 1. The predicted octanol–water partition coefficient (Wildman–Crippen LogP) is 3.47. The first kappa shape index (κ1) is 13.9. The van der Waals surface area contributed by atoms with Gasteiger partial charge >= 0.3 is 0 Å². The molecule has 4 heteroatoms. The van der Waals surface area contributed by atoms with E-state index in [9.17, 15) is 0 Å². The smallest absolute Gasteiger partial charge is 0.145 e. The van der Waals surface area contributed by atoms with Crippen LogP contribution in [0.3, 0.4) is 0 Å². The van der Waals surface area contributed by atoms with Crippen LogP contribution in [0.25, 0.3) is 11.3 Å². The molecule has 1 aromatic carbocycles. The Morgan fingerprint density at radius 3 is 2.57 bits per heavy atom. The number of hydrogen-bond donors (Lipinski definition) is 1. The molecule has 1 aromatic heterocycles. The fourth-order valence-corrected chi connectivity index (χ4v) is 2.98. The molecular weight excluding hydrogens is 262 g/mol. The zero-order valence-corrected chi connectivity index (χ0v) is 12.4. The lowest BCUT2D eigenvalue weighted by Crippen LogP contribution is -2.07. The lowest BCUT2D eigenvalue weighted by Gasteiger charge is -2.11. The van der Waals surface area contributed by atoms with Gasteiger partial charge in [-0.3, -0.25) is 0 Å². The lowest BCUT2D eigenvalue weighted by molar-refractivity contribution is 0.415. The molecule has 0 spiro atoms. The quantitative estimate of drug-likeness (QED) is 0.933. The molecule has 0 unspecified atom stereocenters. The number of hydrogen-bond acceptors (Lipinski definition) is 4. The summed E-state index contributed by atoms with van der Waals surface area (Å²) >= 11 is 0. The van der Waals surface area contributed by atoms with E-state index in [0.717, 1.165) is 29.1 Å². The van der Waals surface area contributed by atoms with Gasteiger partial charge in [0, 0.05) is 5.56 Å². The molecule has 0 radical (unpaired) electrons.